The first-order valence-corrected chi connectivity index (χ1v) is 5.89. The van der Waals surface area contributed by atoms with E-state index in [0.29, 0.717) is 6.61 Å². The molecular formula is C15H20O2. The third-order valence-corrected chi connectivity index (χ3v) is 2.57. The van der Waals surface area contributed by atoms with E-state index in [1.165, 1.54) is 5.56 Å². The number of esters is 1. The molecule has 0 aliphatic heterocycles. The number of aryl methyl sites for hydroxylation is 1. The van der Waals surface area contributed by atoms with Gasteiger partial charge in [0.15, 0.2) is 0 Å². The average molecular weight is 232 g/mol. The molecule has 0 spiro atoms. The lowest BCUT2D eigenvalue weighted by molar-refractivity contribution is -0.150. The molecule has 92 valence electrons. The maximum absolute atomic E-state index is 11.7. The second-order valence-electron chi connectivity index (χ2n) is 4.69. The third-order valence-electron chi connectivity index (χ3n) is 2.57. The zero-order valence-electron chi connectivity index (χ0n) is 11.0. The Kier molecular flexibility index (Phi) is 4.50. The number of hydrogen-bond acceptors (Lipinski definition) is 2. The molecule has 1 aromatic rings. The Morgan fingerprint density at radius 2 is 1.88 bits per heavy atom. The molecule has 0 atom stereocenters. The molecule has 1 aromatic carbocycles. The van der Waals surface area contributed by atoms with Crippen LogP contribution in [0.2, 0.25) is 0 Å². The van der Waals surface area contributed by atoms with Gasteiger partial charge < -0.3 is 4.74 Å². The zero-order valence-corrected chi connectivity index (χ0v) is 11.0. The SMILES string of the molecule is CCOC(=O)C(C)(C)/C=C/c1ccc(C)cc1. The van der Waals surface area contributed by atoms with Crippen molar-refractivity contribution in [2.75, 3.05) is 6.61 Å². The van der Waals surface area contributed by atoms with Gasteiger partial charge in [-0.3, -0.25) is 4.79 Å². The van der Waals surface area contributed by atoms with Crippen molar-refractivity contribution < 1.29 is 9.53 Å². The van der Waals surface area contributed by atoms with Crippen LogP contribution in [0.5, 0.6) is 0 Å². The summed E-state index contributed by atoms with van der Waals surface area (Å²) in [5.74, 6) is -0.191. The first-order valence-electron chi connectivity index (χ1n) is 5.89. The third kappa shape index (κ3) is 4.06. The molecular weight excluding hydrogens is 212 g/mol. The van der Waals surface area contributed by atoms with Gasteiger partial charge in [0, 0.05) is 0 Å². The summed E-state index contributed by atoms with van der Waals surface area (Å²) in [6.45, 7) is 8.00. The topological polar surface area (TPSA) is 26.3 Å². The normalized spacial score (nSPS) is 11.8. The Balaban J connectivity index is 2.75. The Morgan fingerprint density at radius 3 is 2.41 bits per heavy atom. The maximum Gasteiger partial charge on any atom is 0.315 e. The molecule has 0 aliphatic carbocycles. The van der Waals surface area contributed by atoms with E-state index < -0.39 is 5.41 Å². The lowest BCUT2D eigenvalue weighted by atomic mass is 9.92. The Hall–Kier alpha value is -1.57. The molecule has 0 saturated heterocycles. The Bertz CT molecular complexity index is 399. The molecule has 0 bridgehead atoms. The minimum atomic E-state index is -0.582. The van der Waals surface area contributed by atoms with E-state index in [0.717, 1.165) is 5.56 Å². The van der Waals surface area contributed by atoms with Crippen LogP contribution in [0.4, 0.5) is 0 Å². The standard InChI is InChI=1S/C15H20O2/c1-5-17-14(16)15(3,4)11-10-13-8-6-12(2)7-9-13/h6-11H,5H2,1-4H3/b11-10+. The maximum atomic E-state index is 11.7. The largest absolute Gasteiger partial charge is 0.465 e. The van der Waals surface area contributed by atoms with E-state index in [1.807, 2.05) is 45.1 Å². The Morgan fingerprint density at radius 1 is 1.29 bits per heavy atom. The summed E-state index contributed by atoms with van der Waals surface area (Å²) in [5, 5.41) is 0. The highest BCUT2D eigenvalue weighted by Crippen LogP contribution is 2.21. The summed E-state index contributed by atoms with van der Waals surface area (Å²) in [4.78, 5) is 11.7. The molecule has 2 heteroatoms. The van der Waals surface area contributed by atoms with Gasteiger partial charge in [0.1, 0.15) is 0 Å². The van der Waals surface area contributed by atoms with Gasteiger partial charge >= 0.3 is 5.97 Å². The van der Waals surface area contributed by atoms with Gasteiger partial charge in [-0.25, -0.2) is 0 Å². The van der Waals surface area contributed by atoms with Crippen molar-refractivity contribution in [3.05, 3.63) is 41.5 Å². The van der Waals surface area contributed by atoms with Crippen LogP contribution in [0.3, 0.4) is 0 Å². The van der Waals surface area contributed by atoms with Gasteiger partial charge in [0.05, 0.1) is 12.0 Å². The van der Waals surface area contributed by atoms with Crippen LogP contribution in [-0.4, -0.2) is 12.6 Å². The molecule has 1 rings (SSSR count). The van der Waals surface area contributed by atoms with Gasteiger partial charge in [0.2, 0.25) is 0 Å². The lowest BCUT2D eigenvalue weighted by Crippen LogP contribution is -2.24. The molecule has 17 heavy (non-hydrogen) atoms. The molecule has 0 aliphatic rings. The van der Waals surface area contributed by atoms with Crippen molar-refractivity contribution in [1.29, 1.82) is 0 Å². The fourth-order valence-corrected chi connectivity index (χ4v) is 1.37. The number of carbonyl (C=O) groups is 1. The van der Waals surface area contributed by atoms with Gasteiger partial charge in [-0.2, -0.15) is 0 Å². The molecule has 0 heterocycles. The van der Waals surface area contributed by atoms with Crippen LogP contribution in [-0.2, 0) is 9.53 Å². The van der Waals surface area contributed by atoms with Crippen molar-refractivity contribution >= 4 is 12.0 Å². The van der Waals surface area contributed by atoms with Crippen LogP contribution >= 0.6 is 0 Å². The number of carbonyl (C=O) groups excluding carboxylic acids is 1. The first kappa shape index (κ1) is 13.5. The van der Waals surface area contributed by atoms with Crippen molar-refractivity contribution in [3.63, 3.8) is 0 Å². The van der Waals surface area contributed by atoms with E-state index >= 15 is 0 Å². The summed E-state index contributed by atoms with van der Waals surface area (Å²) < 4.78 is 5.02. The van der Waals surface area contributed by atoms with Crippen molar-refractivity contribution in [3.8, 4) is 0 Å². The number of benzene rings is 1. The molecule has 0 saturated carbocycles. The summed E-state index contributed by atoms with van der Waals surface area (Å²) >= 11 is 0. The highest BCUT2D eigenvalue weighted by atomic mass is 16.5. The van der Waals surface area contributed by atoms with Crippen LogP contribution < -0.4 is 0 Å². The van der Waals surface area contributed by atoms with E-state index in [1.54, 1.807) is 0 Å². The average Bonchev–Trinajstić information content (AvgIpc) is 2.29. The number of ether oxygens (including phenoxy) is 1. The summed E-state index contributed by atoms with van der Waals surface area (Å²) in [6, 6.07) is 8.17. The summed E-state index contributed by atoms with van der Waals surface area (Å²) in [5.41, 5.74) is 1.74. The van der Waals surface area contributed by atoms with Crippen LogP contribution in [0.25, 0.3) is 6.08 Å². The fraction of sp³-hybridized carbons (Fsp3) is 0.400. The predicted molar refractivity (Wildman–Crippen MR) is 70.6 cm³/mol. The molecule has 0 radical (unpaired) electrons. The number of hydrogen-bond donors (Lipinski definition) is 0. The molecule has 0 aromatic heterocycles. The van der Waals surface area contributed by atoms with Crippen molar-refractivity contribution in [2.45, 2.75) is 27.7 Å². The van der Waals surface area contributed by atoms with E-state index in [-0.39, 0.29) is 5.97 Å². The monoisotopic (exact) mass is 232 g/mol. The zero-order chi connectivity index (χ0) is 12.9. The molecule has 0 fully saturated rings. The molecule has 0 amide bonds. The van der Waals surface area contributed by atoms with Crippen LogP contribution in [0, 0.1) is 12.3 Å². The molecule has 0 N–H and O–H groups in total. The Labute approximate surface area is 103 Å². The first-order chi connectivity index (χ1) is 7.95. The van der Waals surface area contributed by atoms with E-state index in [9.17, 15) is 4.79 Å². The van der Waals surface area contributed by atoms with Crippen LogP contribution in [0.1, 0.15) is 31.9 Å². The van der Waals surface area contributed by atoms with Crippen molar-refractivity contribution in [2.24, 2.45) is 5.41 Å². The minimum Gasteiger partial charge on any atom is -0.465 e. The van der Waals surface area contributed by atoms with Crippen molar-refractivity contribution in [1.82, 2.24) is 0 Å². The van der Waals surface area contributed by atoms with Gasteiger partial charge in [0.25, 0.3) is 0 Å². The lowest BCUT2D eigenvalue weighted by Gasteiger charge is -2.17. The highest BCUT2D eigenvalue weighted by Gasteiger charge is 2.25. The van der Waals surface area contributed by atoms with Gasteiger partial charge in [-0.15, -0.1) is 0 Å². The van der Waals surface area contributed by atoms with Gasteiger partial charge in [-0.05, 0) is 33.3 Å². The van der Waals surface area contributed by atoms with E-state index in [2.05, 4.69) is 19.1 Å². The summed E-state index contributed by atoms with van der Waals surface area (Å²) in [6.07, 6.45) is 3.84. The smallest absolute Gasteiger partial charge is 0.315 e. The predicted octanol–water partition coefficient (Wildman–Crippen LogP) is 3.60. The highest BCUT2D eigenvalue weighted by molar-refractivity contribution is 5.79. The molecule has 0 unspecified atom stereocenters. The number of rotatable bonds is 4. The fourth-order valence-electron chi connectivity index (χ4n) is 1.37. The second-order valence-corrected chi connectivity index (χ2v) is 4.69. The summed E-state index contributed by atoms with van der Waals surface area (Å²) in [7, 11) is 0. The van der Waals surface area contributed by atoms with Gasteiger partial charge in [-0.1, -0.05) is 42.0 Å². The van der Waals surface area contributed by atoms with E-state index in [4.69, 9.17) is 4.74 Å². The van der Waals surface area contributed by atoms with Crippen LogP contribution in [0.15, 0.2) is 30.3 Å². The minimum absolute atomic E-state index is 0.191. The second kappa shape index (κ2) is 5.67. The quantitative estimate of drug-likeness (QED) is 0.741. The molecule has 2 nitrogen and oxygen atoms in total.